The number of carbonyl (C=O) groups is 1. The number of ether oxygens (including phenoxy) is 1. The van der Waals surface area contributed by atoms with E-state index in [9.17, 15) is 4.79 Å². The maximum atomic E-state index is 12.3. The Morgan fingerprint density at radius 3 is 2.96 bits per heavy atom. The zero-order valence-corrected chi connectivity index (χ0v) is 14.8. The van der Waals surface area contributed by atoms with Gasteiger partial charge in [0.2, 0.25) is 5.82 Å². The molecule has 0 saturated carbocycles. The first-order valence-electron chi connectivity index (χ1n) is 8.38. The number of fused-ring (bicyclic) bond motifs is 1. The van der Waals surface area contributed by atoms with Gasteiger partial charge < -0.3 is 9.26 Å². The van der Waals surface area contributed by atoms with Crippen molar-refractivity contribution in [3.63, 3.8) is 0 Å². The van der Waals surface area contributed by atoms with E-state index in [-0.39, 0.29) is 12.6 Å². The van der Waals surface area contributed by atoms with Gasteiger partial charge >= 0.3 is 5.97 Å². The predicted molar refractivity (Wildman–Crippen MR) is 94.6 cm³/mol. The topological polar surface area (TPSA) is 65.2 Å². The van der Waals surface area contributed by atoms with Crippen LogP contribution in [0.15, 0.2) is 34.9 Å². The summed E-state index contributed by atoms with van der Waals surface area (Å²) in [7, 11) is 0. The van der Waals surface area contributed by atoms with Crippen molar-refractivity contribution in [1.29, 1.82) is 0 Å². The molecule has 0 amide bonds. The average molecular weight is 354 g/mol. The van der Waals surface area contributed by atoms with Gasteiger partial charge in [-0.2, -0.15) is 4.98 Å². The van der Waals surface area contributed by atoms with Gasteiger partial charge in [0.25, 0.3) is 5.89 Å². The van der Waals surface area contributed by atoms with Crippen LogP contribution in [-0.4, -0.2) is 16.1 Å². The highest BCUT2D eigenvalue weighted by molar-refractivity contribution is 7.14. The number of aryl methyl sites for hydroxylation is 3. The van der Waals surface area contributed by atoms with Crippen molar-refractivity contribution in [1.82, 2.24) is 10.1 Å². The van der Waals surface area contributed by atoms with Gasteiger partial charge in [0.1, 0.15) is 4.88 Å². The molecular weight excluding hydrogens is 336 g/mol. The molecular formula is C19H18N2O3S. The largest absolute Gasteiger partial charge is 0.451 e. The molecule has 25 heavy (non-hydrogen) atoms. The Morgan fingerprint density at radius 2 is 2.12 bits per heavy atom. The minimum atomic E-state index is -0.324. The number of benzene rings is 1. The quantitative estimate of drug-likeness (QED) is 0.652. The Hall–Kier alpha value is -2.47. The normalized spacial score (nSPS) is 13.5. The summed E-state index contributed by atoms with van der Waals surface area (Å²) in [4.78, 5) is 18.6. The number of hydrogen-bond donors (Lipinski definition) is 0. The summed E-state index contributed by atoms with van der Waals surface area (Å²) in [5.74, 6) is 0.485. The summed E-state index contributed by atoms with van der Waals surface area (Å²) >= 11 is 1.54. The van der Waals surface area contributed by atoms with Crippen molar-refractivity contribution < 1.29 is 14.1 Å². The Labute approximate surface area is 149 Å². The van der Waals surface area contributed by atoms with Crippen LogP contribution >= 0.6 is 11.3 Å². The number of rotatable bonds is 4. The molecule has 0 radical (unpaired) electrons. The fraction of sp³-hybridized carbons (Fsp3) is 0.316. The van der Waals surface area contributed by atoms with E-state index in [4.69, 9.17) is 9.26 Å². The first-order valence-corrected chi connectivity index (χ1v) is 9.19. The highest BCUT2D eigenvalue weighted by Gasteiger charge is 2.19. The van der Waals surface area contributed by atoms with Crippen LogP contribution in [0.4, 0.5) is 0 Å². The molecule has 0 N–H and O–H groups in total. The zero-order valence-electron chi connectivity index (χ0n) is 13.9. The van der Waals surface area contributed by atoms with Crippen molar-refractivity contribution in [3.05, 3.63) is 57.1 Å². The lowest BCUT2D eigenvalue weighted by Gasteiger charge is -2.08. The van der Waals surface area contributed by atoms with Crippen LogP contribution in [0.5, 0.6) is 0 Å². The summed E-state index contributed by atoms with van der Waals surface area (Å²) in [5.41, 5.74) is 3.27. The number of hydrogen-bond acceptors (Lipinski definition) is 6. The fourth-order valence-electron chi connectivity index (χ4n) is 3.04. The second-order valence-corrected chi connectivity index (χ2v) is 7.31. The van der Waals surface area contributed by atoms with Gasteiger partial charge in [-0.25, -0.2) is 4.79 Å². The van der Waals surface area contributed by atoms with Gasteiger partial charge in [-0.15, -0.1) is 11.3 Å². The number of carbonyl (C=O) groups excluding carboxylic acids is 1. The highest BCUT2D eigenvalue weighted by Crippen LogP contribution is 2.30. The van der Waals surface area contributed by atoms with Crippen molar-refractivity contribution in [2.45, 2.75) is 39.2 Å². The number of aromatic nitrogens is 2. The summed E-state index contributed by atoms with van der Waals surface area (Å²) in [6.07, 6.45) is 4.52. The average Bonchev–Trinajstić information content (AvgIpc) is 3.27. The molecule has 0 saturated heterocycles. The summed E-state index contributed by atoms with van der Waals surface area (Å²) in [6, 6.07) is 9.78. The number of thiophene rings is 1. The fourth-order valence-corrected chi connectivity index (χ4v) is 4.18. The van der Waals surface area contributed by atoms with Gasteiger partial charge in [-0.3, -0.25) is 0 Å². The molecule has 2 aromatic heterocycles. The molecule has 1 aliphatic carbocycles. The van der Waals surface area contributed by atoms with E-state index in [1.807, 2.05) is 37.3 Å². The van der Waals surface area contributed by atoms with E-state index in [2.05, 4.69) is 10.1 Å². The van der Waals surface area contributed by atoms with E-state index in [0.29, 0.717) is 16.6 Å². The monoisotopic (exact) mass is 354 g/mol. The second kappa shape index (κ2) is 6.80. The molecule has 0 fully saturated rings. The van der Waals surface area contributed by atoms with Crippen molar-refractivity contribution >= 4 is 17.3 Å². The molecule has 0 spiro atoms. The zero-order chi connectivity index (χ0) is 17.2. The first-order chi connectivity index (χ1) is 12.2. The Morgan fingerprint density at radius 1 is 1.28 bits per heavy atom. The molecule has 0 unspecified atom stereocenters. The maximum absolute atomic E-state index is 12.3. The molecule has 1 aliphatic rings. The summed E-state index contributed by atoms with van der Waals surface area (Å²) in [5, 5.41) is 3.98. The van der Waals surface area contributed by atoms with E-state index < -0.39 is 0 Å². The minimum Gasteiger partial charge on any atom is -0.451 e. The molecule has 6 heteroatoms. The van der Waals surface area contributed by atoms with Gasteiger partial charge in [0.05, 0.1) is 0 Å². The van der Waals surface area contributed by atoms with Crippen molar-refractivity contribution in [2.75, 3.05) is 0 Å². The molecule has 0 bridgehead atoms. The Bertz CT molecular complexity index is 890. The molecule has 1 aromatic carbocycles. The van der Waals surface area contributed by atoms with E-state index in [0.717, 1.165) is 24.0 Å². The lowest BCUT2D eigenvalue weighted by molar-refractivity contribution is 0.0435. The minimum absolute atomic E-state index is 0.0136. The number of esters is 1. The molecule has 128 valence electrons. The van der Waals surface area contributed by atoms with Crippen LogP contribution in [0.1, 0.15) is 44.4 Å². The third kappa shape index (κ3) is 3.35. The van der Waals surface area contributed by atoms with E-state index in [1.165, 1.54) is 23.3 Å². The molecule has 4 rings (SSSR count). The number of nitrogens with zero attached hydrogens (tertiary/aromatic N) is 2. The van der Waals surface area contributed by atoms with Crippen LogP contribution in [0.25, 0.3) is 11.4 Å². The van der Waals surface area contributed by atoms with E-state index in [1.54, 1.807) is 11.3 Å². The van der Waals surface area contributed by atoms with Gasteiger partial charge in [-0.1, -0.05) is 29.4 Å². The van der Waals surface area contributed by atoms with Crippen LogP contribution in [0.2, 0.25) is 0 Å². The van der Waals surface area contributed by atoms with Gasteiger partial charge in [0, 0.05) is 10.4 Å². The lowest BCUT2D eigenvalue weighted by Crippen LogP contribution is -2.03. The Kier molecular flexibility index (Phi) is 4.36. The first kappa shape index (κ1) is 16.0. The smallest absolute Gasteiger partial charge is 0.348 e. The third-order valence-electron chi connectivity index (χ3n) is 4.38. The van der Waals surface area contributed by atoms with E-state index >= 15 is 0 Å². The van der Waals surface area contributed by atoms with Crippen molar-refractivity contribution in [3.8, 4) is 11.4 Å². The van der Waals surface area contributed by atoms with Crippen LogP contribution < -0.4 is 0 Å². The predicted octanol–water partition coefficient (Wildman–Crippen LogP) is 4.34. The molecule has 0 atom stereocenters. The summed E-state index contributed by atoms with van der Waals surface area (Å²) < 4.78 is 10.6. The van der Waals surface area contributed by atoms with Crippen LogP contribution in [0, 0.1) is 6.92 Å². The molecule has 0 aliphatic heterocycles. The highest BCUT2D eigenvalue weighted by atomic mass is 32.1. The second-order valence-electron chi connectivity index (χ2n) is 6.17. The van der Waals surface area contributed by atoms with Crippen LogP contribution in [0.3, 0.4) is 0 Å². The van der Waals surface area contributed by atoms with Crippen molar-refractivity contribution in [2.24, 2.45) is 0 Å². The van der Waals surface area contributed by atoms with Gasteiger partial charge in [0.15, 0.2) is 6.61 Å². The summed E-state index contributed by atoms with van der Waals surface area (Å²) in [6.45, 7) is 1.98. The maximum Gasteiger partial charge on any atom is 0.348 e. The SMILES string of the molecule is Cc1ccccc1-c1noc(COC(=O)c2cc3c(s2)CCCC3)n1. The molecule has 2 heterocycles. The molecule has 5 nitrogen and oxygen atoms in total. The lowest BCUT2D eigenvalue weighted by atomic mass is 9.99. The van der Waals surface area contributed by atoms with Crippen LogP contribution in [-0.2, 0) is 24.2 Å². The van der Waals surface area contributed by atoms with Gasteiger partial charge in [-0.05, 0) is 49.8 Å². The standard InChI is InChI=1S/C19H18N2O3S/c1-12-6-2-4-8-14(12)18-20-17(24-21-18)11-23-19(22)16-10-13-7-3-5-9-15(13)25-16/h2,4,6,8,10H,3,5,7,9,11H2,1H3. The molecule has 3 aromatic rings. The third-order valence-corrected chi connectivity index (χ3v) is 5.60. The Balaban J connectivity index is 1.42.